The van der Waals surface area contributed by atoms with Crippen molar-refractivity contribution in [3.63, 3.8) is 0 Å². The van der Waals surface area contributed by atoms with Gasteiger partial charge in [0.2, 0.25) is 0 Å². The number of nitrogens with one attached hydrogen (secondary N) is 2. The van der Waals surface area contributed by atoms with E-state index in [0.29, 0.717) is 11.4 Å². The summed E-state index contributed by atoms with van der Waals surface area (Å²) in [5.41, 5.74) is 1.65. The van der Waals surface area contributed by atoms with Gasteiger partial charge in [-0.25, -0.2) is 4.79 Å². The van der Waals surface area contributed by atoms with E-state index in [2.05, 4.69) is 21.1 Å². The number of rotatable bonds is 3. The van der Waals surface area contributed by atoms with E-state index in [1.54, 1.807) is 6.07 Å². The molecule has 2 amide bonds. The van der Waals surface area contributed by atoms with Gasteiger partial charge in [-0.2, -0.15) is 9.64 Å². The molecule has 0 fully saturated rings. The summed E-state index contributed by atoms with van der Waals surface area (Å²) in [4.78, 5) is 13.4. The standard InChI is InChI=1S/C14H10N4OS2/c15-6-11-2-3-12(21-11)7-16-14(19)17-10-1-4-13-9(5-10)8-20-18-13/h1-5,8H,7H2,(H2,16,17,19). The molecule has 1 aromatic carbocycles. The second kappa shape index (κ2) is 5.91. The molecule has 3 rings (SSSR count). The SMILES string of the molecule is N#Cc1ccc(CNC(=O)Nc2ccc3nscc3c2)s1. The smallest absolute Gasteiger partial charge is 0.319 e. The summed E-state index contributed by atoms with van der Waals surface area (Å²) in [7, 11) is 0. The fraction of sp³-hybridized carbons (Fsp3) is 0.0714. The number of anilines is 1. The van der Waals surface area contributed by atoms with Gasteiger partial charge in [0, 0.05) is 21.3 Å². The van der Waals surface area contributed by atoms with Crippen molar-refractivity contribution >= 4 is 45.5 Å². The molecule has 21 heavy (non-hydrogen) atoms. The number of urea groups is 1. The predicted octanol–water partition coefficient (Wildman–Crippen LogP) is 3.55. The van der Waals surface area contributed by atoms with Crippen molar-refractivity contribution in [3.05, 3.63) is 45.5 Å². The topological polar surface area (TPSA) is 77.8 Å². The lowest BCUT2D eigenvalue weighted by atomic mass is 10.2. The van der Waals surface area contributed by atoms with Gasteiger partial charge >= 0.3 is 6.03 Å². The lowest BCUT2D eigenvalue weighted by Gasteiger charge is -2.06. The van der Waals surface area contributed by atoms with E-state index in [-0.39, 0.29) is 6.03 Å². The molecule has 0 saturated carbocycles. The van der Waals surface area contributed by atoms with Crippen LogP contribution in [0.25, 0.3) is 10.9 Å². The summed E-state index contributed by atoms with van der Waals surface area (Å²) < 4.78 is 4.21. The first-order valence-electron chi connectivity index (χ1n) is 6.12. The molecule has 3 aromatic rings. The number of benzene rings is 1. The summed E-state index contributed by atoms with van der Waals surface area (Å²) in [6, 6.07) is 11.0. The van der Waals surface area contributed by atoms with Crippen LogP contribution < -0.4 is 10.6 Å². The van der Waals surface area contributed by atoms with Crippen molar-refractivity contribution in [3.8, 4) is 6.07 Å². The molecule has 0 atom stereocenters. The monoisotopic (exact) mass is 314 g/mol. The van der Waals surface area contributed by atoms with Crippen molar-refractivity contribution in [2.24, 2.45) is 0 Å². The fourth-order valence-corrected chi connectivity index (χ4v) is 3.20. The highest BCUT2D eigenvalue weighted by molar-refractivity contribution is 7.12. The second-order valence-corrected chi connectivity index (χ2v) is 6.07. The van der Waals surface area contributed by atoms with Gasteiger partial charge in [-0.3, -0.25) is 0 Å². The van der Waals surface area contributed by atoms with Gasteiger partial charge in [-0.05, 0) is 41.9 Å². The van der Waals surface area contributed by atoms with Crippen LogP contribution in [-0.2, 0) is 6.54 Å². The summed E-state index contributed by atoms with van der Waals surface area (Å²) in [5, 5.41) is 17.2. The Kier molecular flexibility index (Phi) is 3.81. The predicted molar refractivity (Wildman–Crippen MR) is 84.5 cm³/mol. The first-order chi connectivity index (χ1) is 10.2. The Balaban J connectivity index is 1.59. The van der Waals surface area contributed by atoms with Gasteiger partial charge in [0.1, 0.15) is 10.9 Å². The number of aromatic nitrogens is 1. The highest BCUT2D eigenvalue weighted by Crippen LogP contribution is 2.20. The highest BCUT2D eigenvalue weighted by atomic mass is 32.1. The lowest BCUT2D eigenvalue weighted by Crippen LogP contribution is -2.27. The van der Waals surface area contributed by atoms with Crippen molar-refractivity contribution in [2.45, 2.75) is 6.54 Å². The van der Waals surface area contributed by atoms with E-state index in [4.69, 9.17) is 5.26 Å². The number of hydrogen-bond donors (Lipinski definition) is 2. The number of hydrogen-bond acceptors (Lipinski definition) is 5. The fourth-order valence-electron chi connectivity index (χ4n) is 1.83. The zero-order chi connectivity index (χ0) is 14.7. The molecule has 7 heteroatoms. The zero-order valence-corrected chi connectivity index (χ0v) is 12.4. The molecular formula is C14H10N4OS2. The number of nitrogens with zero attached hydrogens (tertiary/aromatic N) is 2. The third-order valence-electron chi connectivity index (χ3n) is 2.81. The van der Waals surface area contributed by atoms with Crippen LogP contribution in [0.5, 0.6) is 0 Å². The minimum Gasteiger partial charge on any atom is -0.333 e. The molecular weight excluding hydrogens is 304 g/mol. The van der Waals surface area contributed by atoms with E-state index in [0.717, 1.165) is 21.5 Å². The third kappa shape index (κ3) is 3.18. The minimum atomic E-state index is -0.274. The van der Waals surface area contributed by atoms with Crippen LogP contribution in [0.1, 0.15) is 9.75 Å². The van der Waals surface area contributed by atoms with Gasteiger partial charge in [0.05, 0.1) is 12.1 Å². The molecule has 0 aliphatic rings. The first kappa shape index (κ1) is 13.5. The summed E-state index contributed by atoms with van der Waals surface area (Å²) in [5.74, 6) is 0. The first-order valence-corrected chi connectivity index (χ1v) is 7.78. The number of nitriles is 1. The molecule has 0 saturated heterocycles. The Morgan fingerprint density at radius 3 is 3.05 bits per heavy atom. The quantitative estimate of drug-likeness (QED) is 0.776. The van der Waals surface area contributed by atoms with E-state index >= 15 is 0 Å². The van der Waals surface area contributed by atoms with Crippen LogP contribution in [0.2, 0.25) is 0 Å². The minimum absolute atomic E-state index is 0.274. The maximum absolute atomic E-state index is 11.8. The van der Waals surface area contributed by atoms with E-state index in [1.807, 2.05) is 29.6 Å². The van der Waals surface area contributed by atoms with Gasteiger partial charge in [-0.15, -0.1) is 11.3 Å². The van der Waals surface area contributed by atoms with E-state index in [9.17, 15) is 4.79 Å². The Labute approximate surface area is 129 Å². The highest BCUT2D eigenvalue weighted by Gasteiger charge is 2.05. The average Bonchev–Trinajstić information content (AvgIpc) is 3.13. The normalized spacial score (nSPS) is 10.2. The van der Waals surface area contributed by atoms with Gasteiger partial charge in [0.25, 0.3) is 0 Å². The Morgan fingerprint density at radius 1 is 1.33 bits per heavy atom. The van der Waals surface area contributed by atoms with Crippen LogP contribution in [0, 0.1) is 11.3 Å². The molecule has 0 bridgehead atoms. The number of fused-ring (bicyclic) bond motifs is 1. The van der Waals surface area contributed by atoms with Crippen LogP contribution >= 0.6 is 22.9 Å². The van der Waals surface area contributed by atoms with Crippen molar-refractivity contribution in [1.82, 2.24) is 9.69 Å². The third-order valence-corrected chi connectivity index (χ3v) is 4.46. The zero-order valence-electron chi connectivity index (χ0n) is 10.8. The second-order valence-electron chi connectivity index (χ2n) is 4.27. The number of thiophene rings is 1. The molecule has 0 aliphatic heterocycles. The lowest BCUT2D eigenvalue weighted by molar-refractivity contribution is 0.252. The van der Waals surface area contributed by atoms with Gasteiger partial charge < -0.3 is 10.6 Å². The van der Waals surface area contributed by atoms with Crippen LogP contribution in [0.15, 0.2) is 35.7 Å². The van der Waals surface area contributed by atoms with Crippen LogP contribution in [0.3, 0.4) is 0 Å². The van der Waals surface area contributed by atoms with Gasteiger partial charge in [-0.1, -0.05) is 0 Å². The molecule has 0 unspecified atom stereocenters. The molecule has 2 heterocycles. The Bertz CT molecular complexity index is 831. The summed E-state index contributed by atoms with van der Waals surface area (Å²) in [6.45, 7) is 0.403. The maximum atomic E-state index is 11.8. The summed E-state index contributed by atoms with van der Waals surface area (Å²) >= 11 is 2.76. The molecule has 0 radical (unpaired) electrons. The van der Waals surface area contributed by atoms with Crippen molar-refractivity contribution in [2.75, 3.05) is 5.32 Å². The summed E-state index contributed by atoms with van der Waals surface area (Å²) in [6.07, 6.45) is 0. The van der Waals surface area contributed by atoms with Crippen LogP contribution in [0.4, 0.5) is 10.5 Å². The number of carbonyl (C=O) groups excluding carboxylic acids is 1. The number of carbonyl (C=O) groups is 1. The van der Waals surface area contributed by atoms with Crippen molar-refractivity contribution < 1.29 is 4.79 Å². The molecule has 0 aliphatic carbocycles. The van der Waals surface area contributed by atoms with Crippen molar-refractivity contribution in [1.29, 1.82) is 5.26 Å². The average molecular weight is 314 g/mol. The van der Waals surface area contributed by atoms with Crippen LogP contribution in [-0.4, -0.2) is 10.4 Å². The molecule has 104 valence electrons. The Hall–Kier alpha value is -2.43. The largest absolute Gasteiger partial charge is 0.333 e. The number of amides is 2. The van der Waals surface area contributed by atoms with E-state index < -0.39 is 0 Å². The molecule has 5 nitrogen and oxygen atoms in total. The maximum Gasteiger partial charge on any atom is 0.319 e. The molecule has 2 N–H and O–H groups in total. The Morgan fingerprint density at radius 2 is 2.24 bits per heavy atom. The van der Waals surface area contributed by atoms with E-state index in [1.165, 1.54) is 22.9 Å². The van der Waals surface area contributed by atoms with Gasteiger partial charge in [0.15, 0.2) is 0 Å². The molecule has 0 spiro atoms. The molecule has 2 aromatic heterocycles.